The first kappa shape index (κ1) is 9.26. The monoisotopic (exact) mass is 180 g/mol. The van der Waals surface area contributed by atoms with Crippen molar-refractivity contribution < 1.29 is 5.11 Å². The molecule has 1 spiro atoms. The molecule has 2 aliphatic carbocycles. The minimum atomic E-state index is -0.400. The SMILES string of the molecule is CC1=CCCC2(CCCC2(C)O)C1. The lowest BCUT2D eigenvalue weighted by Crippen LogP contribution is -2.42. The molecule has 0 saturated heterocycles. The van der Waals surface area contributed by atoms with E-state index in [2.05, 4.69) is 13.0 Å². The van der Waals surface area contributed by atoms with Gasteiger partial charge in [-0.1, -0.05) is 11.6 Å². The molecule has 13 heavy (non-hydrogen) atoms. The standard InChI is InChI=1S/C12H20O/c1-10-5-3-7-12(9-10)8-4-6-11(12,2)13/h5,13H,3-4,6-9H2,1-2H3. The first-order chi connectivity index (χ1) is 6.06. The van der Waals surface area contributed by atoms with Gasteiger partial charge in [-0.3, -0.25) is 0 Å². The van der Waals surface area contributed by atoms with Crippen LogP contribution < -0.4 is 0 Å². The van der Waals surface area contributed by atoms with E-state index in [1.165, 1.54) is 31.3 Å². The zero-order chi connectivity index (χ0) is 9.53. The molecule has 0 heterocycles. The highest BCUT2D eigenvalue weighted by Crippen LogP contribution is 2.54. The van der Waals surface area contributed by atoms with Crippen LogP contribution in [0.5, 0.6) is 0 Å². The number of rotatable bonds is 0. The molecule has 74 valence electrons. The zero-order valence-electron chi connectivity index (χ0n) is 8.77. The molecule has 0 aromatic carbocycles. The summed E-state index contributed by atoms with van der Waals surface area (Å²) < 4.78 is 0. The Kier molecular flexibility index (Phi) is 2.03. The molecule has 2 atom stereocenters. The fourth-order valence-electron chi connectivity index (χ4n) is 3.27. The Morgan fingerprint density at radius 2 is 2.08 bits per heavy atom. The van der Waals surface area contributed by atoms with E-state index in [0.717, 1.165) is 12.8 Å². The lowest BCUT2D eigenvalue weighted by molar-refractivity contribution is -0.0526. The Morgan fingerprint density at radius 3 is 2.62 bits per heavy atom. The predicted molar refractivity (Wildman–Crippen MR) is 54.5 cm³/mol. The summed E-state index contributed by atoms with van der Waals surface area (Å²) in [5, 5.41) is 10.4. The van der Waals surface area contributed by atoms with Crippen molar-refractivity contribution in [2.24, 2.45) is 5.41 Å². The Labute approximate surface area is 80.8 Å². The molecule has 0 aromatic heterocycles. The summed E-state index contributed by atoms with van der Waals surface area (Å²) in [5.41, 5.74) is 1.31. The minimum Gasteiger partial charge on any atom is -0.390 e. The molecule has 1 N–H and O–H groups in total. The lowest BCUT2D eigenvalue weighted by Gasteiger charge is -2.42. The average Bonchev–Trinajstić information content (AvgIpc) is 2.27. The third-order valence-corrected chi connectivity index (χ3v) is 4.19. The molecule has 1 heteroatoms. The van der Waals surface area contributed by atoms with E-state index in [1.807, 2.05) is 6.92 Å². The molecule has 2 rings (SSSR count). The number of hydrogen-bond acceptors (Lipinski definition) is 1. The largest absolute Gasteiger partial charge is 0.390 e. The van der Waals surface area contributed by atoms with Gasteiger partial charge < -0.3 is 5.11 Å². The van der Waals surface area contributed by atoms with E-state index in [0.29, 0.717) is 0 Å². The summed E-state index contributed by atoms with van der Waals surface area (Å²) in [7, 11) is 0. The molecular formula is C12H20O. The summed E-state index contributed by atoms with van der Waals surface area (Å²) in [6.45, 7) is 4.24. The van der Waals surface area contributed by atoms with E-state index in [9.17, 15) is 5.11 Å². The normalized spacial score (nSPS) is 45.3. The van der Waals surface area contributed by atoms with Crippen LogP contribution in [-0.2, 0) is 0 Å². The molecule has 0 aliphatic heterocycles. The van der Waals surface area contributed by atoms with Gasteiger partial charge in [0.05, 0.1) is 5.60 Å². The molecule has 0 aromatic rings. The van der Waals surface area contributed by atoms with Crippen LogP contribution in [0, 0.1) is 5.41 Å². The van der Waals surface area contributed by atoms with Gasteiger partial charge in [-0.2, -0.15) is 0 Å². The van der Waals surface area contributed by atoms with Crippen molar-refractivity contribution >= 4 is 0 Å². The molecule has 0 amide bonds. The fraction of sp³-hybridized carbons (Fsp3) is 0.833. The minimum absolute atomic E-state index is 0.228. The van der Waals surface area contributed by atoms with E-state index in [-0.39, 0.29) is 5.41 Å². The van der Waals surface area contributed by atoms with Gasteiger partial charge in [-0.05, 0) is 52.4 Å². The van der Waals surface area contributed by atoms with Gasteiger partial charge in [0.2, 0.25) is 0 Å². The average molecular weight is 180 g/mol. The number of hydrogen-bond donors (Lipinski definition) is 1. The van der Waals surface area contributed by atoms with Crippen molar-refractivity contribution in [1.82, 2.24) is 0 Å². The summed E-state index contributed by atoms with van der Waals surface area (Å²) >= 11 is 0. The van der Waals surface area contributed by atoms with E-state index >= 15 is 0 Å². The number of allylic oxidation sites excluding steroid dienone is 2. The highest BCUT2D eigenvalue weighted by atomic mass is 16.3. The van der Waals surface area contributed by atoms with Crippen molar-refractivity contribution in [3.8, 4) is 0 Å². The summed E-state index contributed by atoms with van der Waals surface area (Å²) in [6.07, 6.45) is 9.25. The van der Waals surface area contributed by atoms with Crippen LogP contribution in [0.3, 0.4) is 0 Å². The second-order valence-electron chi connectivity index (χ2n) is 5.17. The van der Waals surface area contributed by atoms with Crippen LogP contribution in [0.15, 0.2) is 11.6 Å². The van der Waals surface area contributed by atoms with Crippen molar-refractivity contribution in [2.75, 3.05) is 0 Å². The molecular weight excluding hydrogens is 160 g/mol. The fourth-order valence-corrected chi connectivity index (χ4v) is 3.27. The molecule has 2 unspecified atom stereocenters. The number of aliphatic hydroxyl groups is 1. The summed E-state index contributed by atoms with van der Waals surface area (Å²) in [5.74, 6) is 0. The maximum Gasteiger partial charge on any atom is 0.0678 e. The summed E-state index contributed by atoms with van der Waals surface area (Å²) in [4.78, 5) is 0. The van der Waals surface area contributed by atoms with Crippen LogP contribution in [0.1, 0.15) is 52.4 Å². The van der Waals surface area contributed by atoms with Gasteiger partial charge in [0.1, 0.15) is 0 Å². The third kappa shape index (κ3) is 1.34. The first-order valence-electron chi connectivity index (χ1n) is 5.44. The van der Waals surface area contributed by atoms with Crippen LogP contribution in [0.25, 0.3) is 0 Å². The molecule has 2 aliphatic rings. The highest BCUT2D eigenvalue weighted by Gasteiger charge is 2.50. The predicted octanol–water partition coefficient (Wildman–Crippen LogP) is 3.04. The van der Waals surface area contributed by atoms with Crippen LogP contribution >= 0.6 is 0 Å². The van der Waals surface area contributed by atoms with Crippen LogP contribution in [0.2, 0.25) is 0 Å². The Bertz CT molecular complexity index is 240. The Morgan fingerprint density at radius 1 is 1.31 bits per heavy atom. The molecule has 1 fully saturated rings. The van der Waals surface area contributed by atoms with Gasteiger partial charge in [-0.15, -0.1) is 0 Å². The zero-order valence-corrected chi connectivity index (χ0v) is 8.77. The maximum absolute atomic E-state index is 10.4. The lowest BCUT2D eigenvalue weighted by atomic mass is 9.66. The van der Waals surface area contributed by atoms with Crippen molar-refractivity contribution in [2.45, 2.75) is 58.0 Å². The summed E-state index contributed by atoms with van der Waals surface area (Å²) in [6, 6.07) is 0. The second-order valence-corrected chi connectivity index (χ2v) is 5.17. The molecule has 0 radical (unpaired) electrons. The van der Waals surface area contributed by atoms with Gasteiger partial charge in [0, 0.05) is 5.41 Å². The van der Waals surface area contributed by atoms with Gasteiger partial charge in [0.15, 0.2) is 0 Å². The van der Waals surface area contributed by atoms with Gasteiger partial charge in [0.25, 0.3) is 0 Å². The topological polar surface area (TPSA) is 20.2 Å². The Balaban J connectivity index is 2.25. The molecule has 1 saturated carbocycles. The van der Waals surface area contributed by atoms with E-state index in [1.54, 1.807) is 0 Å². The maximum atomic E-state index is 10.4. The quantitative estimate of drug-likeness (QED) is 0.568. The van der Waals surface area contributed by atoms with Crippen LogP contribution in [0.4, 0.5) is 0 Å². The first-order valence-corrected chi connectivity index (χ1v) is 5.44. The van der Waals surface area contributed by atoms with Crippen molar-refractivity contribution in [3.05, 3.63) is 11.6 Å². The molecule has 0 bridgehead atoms. The smallest absolute Gasteiger partial charge is 0.0678 e. The van der Waals surface area contributed by atoms with Crippen molar-refractivity contribution in [1.29, 1.82) is 0 Å². The van der Waals surface area contributed by atoms with Gasteiger partial charge in [-0.25, -0.2) is 0 Å². The second kappa shape index (κ2) is 2.84. The van der Waals surface area contributed by atoms with Crippen molar-refractivity contribution in [3.63, 3.8) is 0 Å². The Hall–Kier alpha value is -0.300. The third-order valence-electron chi connectivity index (χ3n) is 4.19. The van der Waals surface area contributed by atoms with E-state index in [4.69, 9.17) is 0 Å². The van der Waals surface area contributed by atoms with E-state index < -0.39 is 5.60 Å². The van der Waals surface area contributed by atoms with Gasteiger partial charge >= 0.3 is 0 Å². The van der Waals surface area contributed by atoms with Crippen LogP contribution in [-0.4, -0.2) is 10.7 Å². The highest BCUT2D eigenvalue weighted by molar-refractivity contribution is 5.14. The molecule has 1 nitrogen and oxygen atoms in total.